The third kappa shape index (κ3) is 3.22. The standard InChI is InChI=1S/C13H24N2O3/c1-9(10-3-2-4-14-6-10)5-13(18)15-7-11(16)12(17)8-15/h9-12,14,16-17H,2-8H2,1H3. The summed E-state index contributed by atoms with van der Waals surface area (Å²) in [6.45, 7) is 4.76. The summed E-state index contributed by atoms with van der Waals surface area (Å²) in [7, 11) is 0. The minimum Gasteiger partial charge on any atom is -0.388 e. The lowest BCUT2D eigenvalue weighted by molar-refractivity contribution is -0.132. The maximum Gasteiger partial charge on any atom is 0.223 e. The molecule has 4 atom stereocenters. The Balaban J connectivity index is 1.80. The summed E-state index contributed by atoms with van der Waals surface area (Å²) in [5.41, 5.74) is 0. The first-order chi connectivity index (χ1) is 8.58. The zero-order valence-electron chi connectivity index (χ0n) is 11.0. The number of likely N-dealkylation sites (tertiary alicyclic amines) is 1. The van der Waals surface area contributed by atoms with Crippen molar-refractivity contribution >= 4 is 5.91 Å². The number of piperidine rings is 1. The number of aliphatic hydroxyl groups excluding tert-OH is 2. The first-order valence-electron chi connectivity index (χ1n) is 6.92. The molecule has 0 aromatic carbocycles. The zero-order chi connectivity index (χ0) is 13.1. The van der Waals surface area contributed by atoms with E-state index in [1.165, 1.54) is 12.8 Å². The average Bonchev–Trinajstić information content (AvgIpc) is 2.71. The monoisotopic (exact) mass is 256 g/mol. The van der Waals surface area contributed by atoms with Gasteiger partial charge in [0.1, 0.15) is 0 Å². The van der Waals surface area contributed by atoms with Crippen LogP contribution in [0.2, 0.25) is 0 Å². The molecular weight excluding hydrogens is 232 g/mol. The van der Waals surface area contributed by atoms with Crippen molar-refractivity contribution in [2.45, 2.75) is 38.4 Å². The molecule has 0 aromatic heterocycles. The second-order valence-electron chi connectivity index (χ2n) is 5.72. The van der Waals surface area contributed by atoms with Crippen molar-refractivity contribution in [3.63, 3.8) is 0 Å². The largest absolute Gasteiger partial charge is 0.388 e. The number of nitrogens with zero attached hydrogens (tertiary/aromatic N) is 1. The molecule has 5 nitrogen and oxygen atoms in total. The predicted octanol–water partition coefficient (Wildman–Crippen LogP) is -0.424. The smallest absolute Gasteiger partial charge is 0.223 e. The topological polar surface area (TPSA) is 72.8 Å². The Morgan fingerprint density at radius 3 is 2.61 bits per heavy atom. The number of hydrogen-bond acceptors (Lipinski definition) is 4. The third-order valence-corrected chi connectivity index (χ3v) is 4.25. The van der Waals surface area contributed by atoms with Gasteiger partial charge in [-0.2, -0.15) is 0 Å². The van der Waals surface area contributed by atoms with Gasteiger partial charge in [-0.25, -0.2) is 0 Å². The van der Waals surface area contributed by atoms with Crippen molar-refractivity contribution in [2.24, 2.45) is 11.8 Å². The fourth-order valence-corrected chi connectivity index (χ4v) is 2.91. The second-order valence-corrected chi connectivity index (χ2v) is 5.72. The van der Waals surface area contributed by atoms with Crippen LogP contribution in [0, 0.1) is 11.8 Å². The van der Waals surface area contributed by atoms with Crippen molar-refractivity contribution in [2.75, 3.05) is 26.2 Å². The van der Waals surface area contributed by atoms with Crippen LogP contribution in [0.3, 0.4) is 0 Å². The van der Waals surface area contributed by atoms with Crippen LogP contribution in [0.4, 0.5) is 0 Å². The van der Waals surface area contributed by atoms with E-state index in [1.54, 1.807) is 4.90 Å². The fourth-order valence-electron chi connectivity index (χ4n) is 2.91. The van der Waals surface area contributed by atoms with Crippen molar-refractivity contribution < 1.29 is 15.0 Å². The van der Waals surface area contributed by atoms with E-state index in [4.69, 9.17) is 0 Å². The highest BCUT2D eigenvalue weighted by atomic mass is 16.3. The zero-order valence-corrected chi connectivity index (χ0v) is 11.0. The Hall–Kier alpha value is -0.650. The summed E-state index contributed by atoms with van der Waals surface area (Å²) in [6, 6.07) is 0. The molecule has 0 aliphatic carbocycles. The molecule has 0 radical (unpaired) electrons. The summed E-state index contributed by atoms with van der Waals surface area (Å²) < 4.78 is 0. The summed E-state index contributed by atoms with van der Waals surface area (Å²) in [5, 5.41) is 22.3. The van der Waals surface area contributed by atoms with Gasteiger partial charge in [-0.05, 0) is 37.8 Å². The Morgan fingerprint density at radius 1 is 1.39 bits per heavy atom. The third-order valence-electron chi connectivity index (χ3n) is 4.25. The number of rotatable bonds is 3. The molecule has 1 amide bonds. The van der Waals surface area contributed by atoms with E-state index in [-0.39, 0.29) is 19.0 Å². The Labute approximate surface area is 108 Å². The van der Waals surface area contributed by atoms with Crippen molar-refractivity contribution in [3.8, 4) is 0 Å². The summed E-state index contributed by atoms with van der Waals surface area (Å²) in [5.74, 6) is 0.990. The lowest BCUT2D eigenvalue weighted by atomic mass is 9.85. The van der Waals surface area contributed by atoms with Gasteiger partial charge in [0.05, 0.1) is 12.2 Å². The molecule has 18 heavy (non-hydrogen) atoms. The fraction of sp³-hybridized carbons (Fsp3) is 0.923. The Kier molecular flexibility index (Phi) is 4.59. The van der Waals surface area contributed by atoms with Crippen molar-refractivity contribution in [1.29, 1.82) is 0 Å². The SMILES string of the molecule is CC(CC(=O)N1CC(O)C(O)C1)C1CCCNC1. The molecule has 0 spiro atoms. The number of hydrogen-bond donors (Lipinski definition) is 3. The van der Waals surface area contributed by atoms with Gasteiger partial charge < -0.3 is 20.4 Å². The van der Waals surface area contributed by atoms with Gasteiger partial charge in [-0.15, -0.1) is 0 Å². The maximum absolute atomic E-state index is 12.1. The molecule has 5 heteroatoms. The van der Waals surface area contributed by atoms with Crippen LogP contribution in [0.15, 0.2) is 0 Å². The molecule has 3 N–H and O–H groups in total. The predicted molar refractivity (Wildman–Crippen MR) is 68.0 cm³/mol. The summed E-state index contributed by atoms with van der Waals surface area (Å²) in [6.07, 6.45) is 1.34. The lowest BCUT2D eigenvalue weighted by Gasteiger charge is -2.29. The van der Waals surface area contributed by atoms with Crippen molar-refractivity contribution in [1.82, 2.24) is 10.2 Å². The van der Waals surface area contributed by atoms with Gasteiger partial charge in [0.25, 0.3) is 0 Å². The highest BCUT2D eigenvalue weighted by Crippen LogP contribution is 2.24. The first-order valence-corrected chi connectivity index (χ1v) is 6.92. The summed E-state index contributed by atoms with van der Waals surface area (Å²) >= 11 is 0. The number of carbonyl (C=O) groups is 1. The number of β-amino-alcohol motifs (C(OH)–C–C–N with tert-alkyl or cyclic N) is 2. The molecule has 2 saturated heterocycles. The van der Waals surface area contributed by atoms with E-state index in [1.807, 2.05) is 0 Å². The molecule has 0 aromatic rings. The van der Waals surface area contributed by atoms with E-state index in [9.17, 15) is 15.0 Å². The van der Waals surface area contributed by atoms with Crippen LogP contribution >= 0.6 is 0 Å². The van der Waals surface area contributed by atoms with Crippen molar-refractivity contribution in [3.05, 3.63) is 0 Å². The number of aliphatic hydroxyl groups is 2. The molecule has 2 heterocycles. The van der Waals surface area contributed by atoms with Crippen LogP contribution in [0.25, 0.3) is 0 Å². The quantitative estimate of drug-likeness (QED) is 0.641. The van der Waals surface area contributed by atoms with E-state index in [0.29, 0.717) is 18.3 Å². The number of carbonyl (C=O) groups excluding carboxylic acids is 1. The highest BCUT2D eigenvalue weighted by Gasteiger charge is 2.33. The maximum atomic E-state index is 12.1. The van der Waals surface area contributed by atoms with Crippen LogP contribution in [-0.2, 0) is 4.79 Å². The Bertz CT molecular complexity index is 282. The minimum absolute atomic E-state index is 0.0590. The van der Waals surface area contributed by atoms with Crippen LogP contribution in [-0.4, -0.2) is 59.4 Å². The molecule has 0 saturated carbocycles. The van der Waals surface area contributed by atoms with E-state index >= 15 is 0 Å². The van der Waals surface area contributed by atoms with Gasteiger partial charge in [0, 0.05) is 19.5 Å². The normalized spacial score (nSPS) is 34.6. The van der Waals surface area contributed by atoms with Crippen LogP contribution in [0.1, 0.15) is 26.2 Å². The molecule has 2 aliphatic rings. The number of nitrogens with one attached hydrogen (secondary N) is 1. The van der Waals surface area contributed by atoms with Gasteiger partial charge in [0.15, 0.2) is 0 Å². The second kappa shape index (κ2) is 5.99. The average molecular weight is 256 g/mol. The first kappa shape index (κ1) is 13.8. The molecule has 2 aliphatic heterocycles. The number of amides is 1. The van der Waals surface area contributed by atoms with Gasteiger partial charge in [-0.1, -0.05) is 6.92 Å². The van der Waals surface area contributed by atoms with Gasteiger partial charge in [0.2, 0.25) is 5.91 Å². The highest BCUT2D eigenvalue weighted by molar-refractivity contribution is 5.76. The lowest BCUT2D eigenvalue weighted by Crippen LogP contribution is -2.36. The van der Waals surface area contributed by atoms with Crippen LogP contribution in [0.5, 0.6) is 0 Å². The van der Waals surface area contributed by atoms with E-state index in [2.05, 4.69) is 12.2 Å². The van der Waals surface area contributed by atoms with Gasteiger partial charge in [-0.3, -0.25) is 4.79 Å². The molecule has 2 rings (SSSR count). The molecule has 2 fully saturated rings. The van der Waals surface area contributed by atoms with E-state index < -0.39 is 12.2 Å². The molecule has 104 valence electrons. The van der Waals surface area contributed by atoms with E-state index in [0.717, 1.165) is 13.1 Å². The van der Waals surface area contributed by atoms with Crippen LogP contribution < -0.4 is 5.32 Å². The summed E-state index contributed by atoms with van der Waals surface area (Å²) in [4.78, 5) is 13.7. The Morgan fingerprint density at radius 2 is 2.06 bits per heavy atom. The molecular formula is C13H24N2O3. The molecule has 4 unspecified atom stereocenters. The van der Waals surface area contributed by atoms with Gasteiger partial charge >= 0.3 is 0 Å². The molecule has 0 bridgehead atoms. The minimum atomic E-state index is -0.777.